The number of ketones is 1. The SMILES string of the molecule is CC1=CC23C(=O)[C@@H](C=C4COC(C)(C)O[C@H]4[C@]2(O)[C@H]1OC(=O)N(C)C1CCCc2ccccc21)C(C)(C)[C@@H](C)CC3C. The molecule has 1 heterocycles. The number of allylic oxidation sites excluding steroid dienone is 1. The maximum atomic E-state index is 14.9. The predicted molar refractivity (Wildman–Crippen MR) is 160 cm³/mol. The number of benzene rings is 1. The Labute approximate surface area is 250 Å². The minimum absolute atomic E-state index is 0.0254. The van der Waals surface area contributed by atoms with E-state index in [0.717, 1.165) is 36.8 Å². The third-order valence-electron chi connectivity index (χ3n) is 11.6. The van der Waals surface area contributed by atoms with Crippen LogP contribution in [0.15, 0.2) is 47.6 Å². The van der Waals surface area contributed by atoms with Crippen LogP contribution in [0.1, 0.15) is 84.9 Å². The highest BCUT2D eigenvalue weighted by Gasteiger charge is 2.74. The molecule has 1 spiro atoms. The lowest BCUT2D eigenvalue weighted by molar-refractivity contribution is -0.303. The van der Waals surface area contributed by atoms with Crippen molar-refractivity contribution in [1.29, 1.82) is 0 Å². The van der Waals surface area contributed by atoms with E-state index in [-0.39, 0.29) is 35.7 Å². The van der Waals surface area contributed by atoms with Gasteiger partial charge in [-0.05, 0) is 86.0 Å². The molecule has 2 fully saturated rings. The number of carbonyl (C=O) groups is 2. The lowest BCUT2D eigenvalue weighted by atomic mass is 9.59. The van der Waals surface area contributed by atoms with Gasteiger partial charge in [-0.1, -0.05) is 64.1 Å². The second-order valence-corrected chi connectivity index (χ2v) is 14.7. The molecule has 1 N–H and O–H groups in total. The highest BCUT2D eigenvalue weighted by Crippen LogP contribution is 2.64. The number of carbonyl (C=O) groups excluding carboxylic acids is 2. The number of ether oxygens (including phenoxy) is 3. The highest BCUT2D eigenvalue weighted by atomic mass is 16.7. The fourth-order valence-corrected chi connectivity index (χ4v) is 8.80. The summed E-state index contributed by atoms with van der Waals surface area (Å²) in [6.45, 7) is 14.3. The molecule has 1 aromatic rings. The van der Waals surface area contributed by atoms with Crippen LogP contribution in [0.3, 0.4) is 0 Å². The summed E-state index contributed by atoms with van der Waals surface area (Å²) in [6, 6.07) is 8.13. The molecule has 7 nitrogen and oxygen atoms in total. The van der Waals surface area contributed by atoms with Crippen LogP contribution in [0.2, 0.25) is 0 Å². The van der Waals surface area contributed by atoms with Crippen molar-refractivity contribution in [1.82, 2.24) is 4.90 Å². The van der Waals surface area contributed by atoms with Gasteiger partial charge in [-0.15, -0.1) is 0 Å². The third kappa shape index (κ3) is 4.02. The van der Waals surface area contributed by atoms with E-state index >= 15 is 0 Å². The van der Waals surface area contributed by atoms with Crippen molar-refractivity contribution in [3.05, 3.63) is 58.7 Å². The lowest BCUT2D eigenvalue weighted by Gasteiger charge is -2.52. The number of aryl methyl sites for hydroxylation is 1. The zero-order valence-electron chi connectivity index (χ0n) is 26.4. The molecule has 42 heavy (non-hydrogen) atoms. The summed E-state index contributed by atoms with van der Waals surface area (Å²) in [5.74, 6) is -1.46. The van der Waals surface area contributed by atoms with Gasteiger partial charge in [-0.2, -0.15) is 0 Å². The lowest BCUT2D eigenvalue weighted by Crippen LogP contribution is -2.68. The first-order valence-corrected chi connectivity index (χ1v) is 15.6. The van der Waals surface area contributed by atoms with Gasteiger partial charge < -0.3 is 24.2 Å². The van der Waals surface area contributed by atoms with Gasteiger partial charge in [0, 0.05) is 13.0 Å². The van der Waals surface area contributed by atoms with Crippen molar-refractivity contribution in [2.75, 3.05) is 13.7 Å². The van der Waals surface area contributed by atoms with Crippen LogP contribution < -0.4 is 0 Å². The second-order valence-electron chi connectivity index (χ2n) is 14.7. The van der Waals surface area contributed by atoms with E-state index in [1.807, 2.05) is 45.1 Å². The van der Waals surface area contributed by atoms with Crippen LogP contribution in [0.4, 0.5) is 4.79 Å². The normalized spacial score (nSPS) is 39.9. The summed E-state index contributed by atoms with van der Waals surface area (Å²) >= 11 is 0. The number of hydrogen-bond donors (Lipinski definition) is 1. The smallest absolute Gasteiger partial charge is 0.410 e. The summed E-state index contributed by atoms with van der Waals surface area (Å²) in [7, 11) is 1.77. The Balaban J connectivity index is 1.45. The molecule has 5 aliphatic rings. The Morgan fingerprint density at radius 1 is 1.12 bits per heavy atom. The first-order valence-electron chi connectivity index (χ1n) is 15.6. The predicted octanol–water partition coefficient (Wildman–Crippen LogP) is 6.16. The molecule has 0 radical (unpaired) electrons. The summed E-state index contributed by atoms with van der Waals surface area (Å²) < 4.78 is 19.0. The fourth-order valence-electron chi connectivity index (χ4n) is 8.80. The molecule has 1 amide bonds. The van der Waals surface area contributed by atoms with Crippen molar-refractivity contribution in [2.24, 2.45) is 28.6 Å². The summed E-state index contributed by atoms with van der Waals surface area (Å²) in [5, 5.41) is 13.3. The molecule has 6 rings (SSSR count). The van der Waals surface area contributed by atoms with Gasteiger partial charge >= 0.3 is 6.09 Å². The molecule has 0 aromatic heterocycles. The van der Waals surface area contributed by atoms with E-state index in [1.54, 1.807) is 11.9 Å². The van der Waals surface area contributed by atoms with Crippen molar-refractivity contribution >= 4 is 11.9 Å². The maximum Gasteiger partial charge on any atom is 0.410 e. The Morgan fingerprint density at radius 2 is 1.83 bits per heavy atom. The largest absolute Gasteiger partial charge is 0.438 e. The number of Topliss-reactive ketones (excluding diaryl/α,β-unsaturated/α-hetero) is 1. The Hall–Kier alpha value is -2.48. The fraction of sp³-hybridized carbons (Fsp3) is 0.657. The maximum absolute atomic E-state index is 14.9. The molecule has 2 bridgehead atoms. The Kier molecular flexibility index (Phi) is 6.88. The van der Waals surface area contributed by atoms with Crippen LogP contribution in [0.25, 0.3) is 0 Å². The molecule has 1 aromatic carbocycles. The molecule has 8 atom stereocenters. The molecule has 4 aliphatic carbocycles. The monoisotopic (exact) mass is 577 g/mol. The van der Waals surface area contributed by atoms with Crippen LogP contribution in [0.5, 0.6) is 0 Å². The van der Waals surface area contributed by atoms with Crippen molar-refractivity contribution < 1.29 is 28.9 Å². The third-order valence-corrected chi connectivity index (χ3v) is 11.6. The van der Waals surface area contributed by atoms with E-state index in [1.165, 1.54) is 5.56 Å². The minimum atomic E-state index is -1.84. The highest BCUT2D eigenvalue weighted by molar-refractivity contribution is 5.95. The van der Waals surface area contributed by atoms with Crippen molar-refractivity contribution in [3.8, 4) is 0 Å². The van der Waals surface area contributed by atoms with Crippen LogP contribution in [0, 0.1) is 28.6 Å². The summed E-state index contributed by atoms with van der Waals surface area (Å²) in [4.78, 5) is 30.6. The quantitative estimate of drug-likeness (QED) is 0.424. The number of fused-ring (bicyclic) bond motifs is 4. The topological polar surface area (TPSA) is 85.3 Å². The minimum Gasteiger partial charge on any atom is -0.438 e. The molecule has 1 aliphatic heterocycles. The average molecular weight is 578 g/mol. The molecule has 228 valence electrons. The van der Waals surface area contributed by atoms with E-state index in [2.05, 4.69) is 39.8 Å². The van der Waals surface area contributed by atoms with Gasteiger partial charge in [0.05, 0.1) is 18.1 Å². The van der Waals surface area contributed by atoms with Crippen LogP contribution >= 0.6 is 0 Å². The number of hydrogen-bond acceptors (Lipinski definition) is 6. The van der Waals surface area contributed by atoms with E-state index in [4.69, 9.17) is 14.2 Å². The van der Waals surface area contributed by atoms with E-state index in [0.29, 0.717) is 5.57 Å². The van der Waals surface area contributed by atoms with Crippen LogP contribution in [-0.4, -0.2) is 59.1 Å². The van der Waals surface area contributed by atoms with Crippen molar-refractivity contribution in [2.45, 2.75) is 104 Å². The Morgan fingerprint density at radius 3 is 2.57 bits per heavy atom. The summed E-state index contributed by atoms with van der Waals surface area (Å²) in [5.41, 5.74) is 0.333. The molecule has 3 unspecified atom stereocenters. The average Bonchev–Trinajstić information content (AvgIpc) is 3.10. The number of nitrogens with zero attached hydrogens (tertiary/aromatic N) is 1. The first-order chi connectivity index (χ1) is 19.6. The van der Waals surface area contributed by atoms with E-state index in [9.17, 15) is 14.7 Å². The van der Waals surface area contributed by atoms with Gasteiger partial charge in [0.25, 0.3) is 0 Å². The molecule has 7 heteroatoms. The molecular weight excluding hydrogens is 530 g/mol. The van der Waals surface area contributed by atoms with E-state index < -0.39 is 41.0 Å². The Bertz CT molecular complexity index is 1360. The van der Waals surface area contributed by atoms with Gasteiger partial charge in [0.2, 0.25) is 0 Å². The van der Waals surface area contributed by atoms with Gasteiger partial charge in [0.15, 0.2) is 23.3 Å². The molecular formula is C35H47NO6. The second kappa shape index (κ2) is 9.76. The zero-order chi connectivity index (χ0) is 30.4. The number of amides is 1. The van der Waals surface area contributed by atoms with Gasteiger partial charge in [-0.3, -0.25) is 4.79 Å². The van der Waals surface area contributed by atoms with Gasteiger partial charge in [-0.25, -0.2) is 4.79 Å². The van der Waals surface area contributed by atoms with Crippen molar-refractivity contribution in [3.63, 3.8) is 0 Å². The number of rotatable bonds is 2. The summed E-state index contributed by atoms with van der Waals surface area (Å²) in [6.07, 6.45) is 5.03. The standard InChI is InChI=1S/C35H47NO6/c1-20-18-34-22(3)16-21(2)32(4,5)26(28(34)37)17-24-19-40-33(6,7)42-30(24)35(34,39)29(20)41-31(38)36(8)27-15-11-13-23-12-9-10-14-25(23)27/h9-10,12,14,17-18,21-22,26-27,29-30,39H,11,13,15-16,19H2,1-8H3/t21-,22?,26+,27?,29-,30+,34?,35+/m0/s1. The molecule has 1 saturated heterocycles. The number of aliphatic hydroxyl groups is 1. The zero-order valence-corrected chi connectivity index (χ0v) is 26.4. The van der Waals surface area contributed by atoms with Gasteiger partial charge in [0.1, 0.15) is 6.10 Å². The molecule has 1 saturated carbocycles. The first kappa shape index (κ1) is 29.6. The van der Waals surface area contributed by atoms with Crippen LogP contribution in [-0.2, 0) is 25.4 Å².